The first-order valence-electron chi connectivity index (χ1n) is 8.21. The molecule has 0 fully saturated rings. The highest BCUT2D eigenvalue weighted by Crippen LogP contribution is 2.32. The minimum atomic E-state index is -0.214. The third kappa shape index (κ3) is 4.31. The molecule has 2 N–H and O–H groups in total. The van der Waals surface area contributed by atoms with E-state index in [-0.39, 0.29) is 18.6 Å². The van der Waals surface area contributed by atoms with Crippen LogP contribution in [0.1, 0.15) is 26.3 Å². The number of rotatable bonds is 7. The van der Waals surface area contributed by atoms with Gasteiger partial charge in [-0.2, -0.15) is 0 Å². The van der Waals surface area contributed by atoms with Crippen LogP contribution in [-0.4, -0.2) is 38.9 Å². The number of nitrogens with one attached hydrogen (secondary N) is 2. The second-order valence-corrected chi connectivity index (χ2v) is 5.70. The van der Waals surface area contributed by atoms with Gasteiger partial charge in [-0.3, -0.25) is 9.59 Å². The summed E-state index contributed by atoms with van der Waals surface area (Å²) in [5.41, 5.74) is 1.89. The van der Waals surface area contributed by atoms with Gasteiger partial charge in [0.2, 0.25) is 6.79 Å². The Morgan fingerprint density at radius 2 is 1.62 bits per heavy atom. The summed E-state index contributed by atoms with van der Waals surface area (Å²) in [6.45, 7) is 1.48. The standard InChI is InChI=1S/C19H20N2O5/c1-24-9-8-20-18(22)14-3-5-15(6-4-14)19(23)21-11-13-2-7-16-17(10-13)26-12-25-16/h2-7,10H,8-9,11-12H2,1H3,(H,20,22)(H,21,23). The topological polar surface area (TPSA) is 85.9 Å². The Labute approximate surface area is 151 Å². The summed E-state index contributed by atoms with van der Waals surface area (Å²) in [5.74, 6) is 0.975. The van der Waals surface area contributed by atoms with Gasteiger partial charge >= 0.3 is 0 Å². The summed E-state index contributed by atoms with van der Waals surface area (Å²) in [5, 5.41) is 5.57. The molecule has 0 atom stereocenters. The number of fused-ring (bicyclic) bond motifs is 1. The van der Waals surface area contributed by atoms with Crippen LogP contribution in [-0.2, 0) is 11.3 Å². The number of ether oxygens (including phenoxy) is 3. The summed E-state index contributed by atoms with van der Waals surface area (Å²) in [4.78, 5) is 24.2. The second-order valence-electron chi connectivity index (χ2n) is 5.70. The van der Waals surface area contributed by atoms with E-state index in [0.717, 1.165) is 5.56 Å². The lowest BCUT2D eigenvalue weighted by molar-refractivity contribution is 0.0930. The predicted molar refractivity (Wildman–Crippen MR) is 94.4 cm³/mol. The average molecular weight is 356 g/mol. The first-order chi connectivity index (χ1) is 12.7. The third-order valence-corrected chi connectivity index (χ3v) is 3.89. The first kappa shape index (κ1) is 17.8. The molecule has 2 aromatic rings. The SMILES string of the molecule is COCCNC(=O)c1ccc(C(=O)NCc2ccc3c(c2)OCO3)cc1. The normalized spacial score (nSPS) is 11.9. The van der Waals surface area contributed by atoms with E-state index in [0.29, 0.717) is 42.3 Å². The van der Waals surface area contributed by atoms with Crippen LogP contribution in [0.15, 0.2) is 42.5 Å². The van der Waals surface area contributed by atoms with E-state index in [1.54, 1.807) is 31.4 Å². The molecule has 26 heavy (non-hydrogen) atoms. The summed E-state index contributed by atoms with van der Waals surface area (Å²) >= 11 is 0. The lowest BCUT2D eigenvalue weighted by atomic mass is 10.1. The van der Waals surface area contributed by atoms with E-state index >= 15 is 0 Å². The van der Waals surface area contributed by atoms with Crippen LogP contribution < -0.4 is 20.1 Å². The van der Waals surface area contributed by atoms with Crippen molar-refractivity contribution >= 4 is 11.8 Å². The molecule has 2 aromatic carbocycles. The summed E-state index contributed by atoms with van der Waals surface area (Å²) in [6.07, 6.45) is 0. The molecule has 0 bridgehead atoms. The Morgan fingerprint density at radius 1 is 0.962 bits per heavy atom. The van der Waals surface area contributed by atoms with Crippen molar-refractivity contribution in [1.29, 1.82) is 0 Å². The highest BCUT2D eigenvalue weighted by atomic mass is 16.7. The lowest BCUT2D eigenvalue weighted by Gasteiger charge is -2.08. The van der Waals surface area contributed by atoms with Crippen LogP contribution in [0.3, 0.4) is 0 Å². The predicted octanol–water partition coefficient (Wildman–Crippen LogP) is 1.72. The van der Waals surface area contributed by atoms with Crippen molar-refractivity contribution in [3.05, 3.63) is 59.2 Å². The average Bonchev–Trinajstić information content (AvgIpc) is 3.14. The number of benzene rings is 2. The molecule has 0 aromatic heterocycles. The minimum absolute atomic E-state index is 0.200. The van der Waals surface area contributed by atoms with Crippen LogP contribution in [0, 0.1) is 0 Å². The Balaban J connectivity index is 1.54. The number of methoxy groups -OCH3 is 1. The molecule has 136 valence electrons. The van der Waals surface area contributed by atoms with Gasteiger partial charge in [0.15, 0.2) is 11.5 Å². The Morgan fingerprint density at radius 3 is 2.31 bits per heavy atom. The van der Waals surface area contributed by atoms with Gasteiger partial charge in [0, 0.05) is 31.3 Å². The zero-order valence-electron chi connectivity index (χ0n) is 14.4. The molecule has 0 saturated carbocycles. The zero-order valence-corrected chi connectivity index (χ0v) is 14.4. The Hall–Kier alpha value is -3.06. The second kappa shape index (κ2) is 8.35. The molecular weight excluding hydrogens is 336 g/mol. The number of hydrogen-bond donors (Lipinski definition) is 2. The quantitative estimate of drug-likeness (QED) is 0.738. The van der Waals surface area contributed by atoms with Crippen molar-refractivity contribution in [2.75, 3.05) is 27.1 Å². The molecule has 7 heteroatoms. The molecule has 1 aliphatic heterocycles. The minimum Gasteiger partial charge on any atom is -0.454 e. The highest BCUT2D eigenvalue weighted by molar-refractivity contribution is 5.97. The van der Waals surface area contributed by atoms with E-state index in [4.69, 9.17) is 14.2 Å². The number of carbonyl (C=O) groups excluding carboxylic acids is 2. The molecule has 0 spiro atoms. The molecule has 0 unspecified atom stereocenters. The van der Waals surface area contributed by atoms with E-state index < -0.39 is 0 Å². The van der Waals surface area contributed by atoms with Gasteiger partial charge in [0.05, 0.1) is 6.61 Å². The van der Waals surface area contributed by atoms with Gasteiger partial charge in [-0.05, 0) is 42.0 Å². The van der Waals surface area contributed by atoms with Crippen molar-refractivity contribution in [3.8, 4) is 11.5 Å². The van der Waals surface area contributed by atoms with Crippen molar-refractivity contribution in [1.82, 2.24) is 10.6 Å². The zero-order chi connectivity index (χ0) is 18.4. The maximum atomic E-state index is 12.3. The Kier molecular flexibility index (Phi) is 5.70. The van der Waals surface area contributed by atoms with Crippen molar-refractivity contribution in [2.45, 2.75) is 6.54 Å². The maximum absolute atomic E-state index is 12.3. The van der Waals surface area contributed by atoms with Gasteiger partial charge < -0.3 is 24.8 Å². The molecule has 1 aliphatic rings. The monoisotopic (exact) mass is 356 g/mol. The van der Waals surface area contributed by atoms with Crippen LogP contribution in [0.2, 0.25) is 0 Å². The molecular formula is C19H20N2O5. The van der Waals surface area contributed by atoms with Crippen molar-refractivity contribution in [2.24, 2.45) is 0 Å². The van der Waals surface area contributed by atoms with Crippen molar-refractivity contribution < 1.29 is 23.8 Å². The smallest absolute Gasteiger partial charge is 0.251 e. The molecule has 2 amide bonds. The fraction of sp³-hybridized carbons (Fsp3) is 0.263. The fourth-order valence-corrected chi connectivity index (χ4v) is 2.48. The van der Waals surface area contributed by atoms with Gasteiger partial charge in [-0.1, -0.05) is 6.07 Å². The first-order valence-corrected chi connectivity index (χ1v) is 8.21. The van der Waals surface area contributed by atoms with Crippen LogP contribution in [0.25, 0.3) is 0 Å². The van der Waals surface area contributed by atoms with E-state index in [9.17, 15) is 9.59 Å². The summed E-state index contributed by atoms with van der Waals surface area (Å²) in [6, 6.07) is 12.0. The molecule has 7 nitrogen and oxygen atoms in total. The summed E-state index contributed by atoms with van der Waals surface area (Å²) < 4.78 is 15.5. The van der Waals surface area contributed by atoms with Crippen LogP contribution >= 0.6 is 0 Å². The molecule has 1 heterocycles. The van der Waals surface area contributed by atoms with Crippen molar-refractivity contribution in [3.63, 3.8) is 0 Å². The third-order valence-electron chi connectivity index (χ3n) is 3.89. The maximum Gasteiger partial charge on any atom is 0.251 e. The fourth-order valence-electron chi connectivity index (χ4n) is 2.48. The van der Waals surface area contributed by atoms with Crippen LogP contribution in [0.5, 0.6) is 11.5 Å². The molecule has 0 radical (unpaired) electrons. The number of carbonyl (C=O) groups is 2. The van der Waals surface area contributed by atoms with Gasteiger partial charge in [-0.25, -0.2) is 0 Å². The number of hydrogen-bond acceptors (Lipinski definition) is 5. The highest BCUT2D eigenvalue weighted by Gasteiger charge is 2.14. The Bertz CT molecular complexity index is 789. The largest absolute Gasteiger partial charge is 0.454 e. The molecule has 0 saturated heterocycles. The number of amides is 2. The van der Waals surface area contributed by atoms with E-state index in [2.05, 4.69) is 10.6 Å². The van der Waals surface area contributed by atoms with Gasteiger partial charge in [0.25, 0.3) is 11.8 Å². The van der Waals surface area contributed by atoms with E-state index in [1.807, 2.05) is 18.2 Å². The van der Waals surface area contributed by atoms with Crippen LogP contribution in [0.4, 0.5) is 0 Å². The van der Waals surface area contributed by atoms with E-state index in [1.165, 1.54) is 0 Å². The summed E-state index contributed by atoms with van der Waals surface area (Å²) in [7, 11) is 1.57. The van der Waals surface area contributed by atoms with Gasteiger partial charge in [-0.15, -0.1) is 0 Å². The van der Waals surface area contributed by atoms with Gasteiger partial charge in [0.1, 0.15) is 0 Å². The molecule has 0 aliphatic carbocycles. The lowest BCUT2D eigenvalue weighted by Crippen LogP contribution is -2.27. The molecule has 3 rings (SSSR count).